The summed E-state index contributed by atoms with van der Waals surface area (Å²) in [4.78, 5) is 10.2. The number of aromatic nitrogens is 2. The van der Waals surface area contributed by atoms with Crippen molar-refractivity contribution in [3.63, 3.8) is 0 Å². The summed E-state index contributed by atoms with van der Waals surface area (Å²) >= 11 is 0. The summed E-state index contributed by atoms with van der Waals surface area (Å²) in [6.07, 6.45) is 0. The normalized spacial score (nSPS) is 10.5. The zero-order chi connectivity index (χ0) is 12.4. The highest BCUT2D eigenvalue weighted by molar-refractivity contribution is 5.42. The van der Waals surface area contributed by atoms with Crippen LogP contribution in [0, 0.1) is 13.8 Å². The van der Waals surface area contributed by atoms with Crippen LogP contribution in [0.4, 0.5) is 11.8 Å². The standard InChI is InChI=1S/C12H16N4O/c1-8-6-11(15-12(13)14-8)16(3)7-10-5-4-9(2)17-10/h4-6H,7H2,1-3H3,(H2,13,14,15). The molecule has 0 bridgehead atoms. The Kier molecular flexibility index (Phi) is 2.99. The SMILES string of the molecule is Cc1cc(N(C)Cc2ccc(C)o2)nc(N)n1. The van der Waals surface area contributed by atoms with E-state index in [0.29, 0.717) is 12.5 Å². The number of hydrogen-bond donors (Lipinski definition) is 1. The van der Waals surface area contributed by atoms with Crippen LogP contribution >= 0.6 is 0 Å². The molecular weight excluding hydrogens is 216 g/mol. The molecule has 0 saturated heterocycles. The van der Waals surface area contributed by atoms with Crippen LogP contribution in [0.5, 0.6) is 0 Å². The lowest BCUT2D eigenvalue weighted by molar-refractivity contribution is 0.481. The second-order valence-electron chi connectivity index (χ2n) is 4.09. The molecule has 0 aliphatic carbocycles. The lowest BCUT2D eigenvalue weighted by Gasteiger charge is -2.17. The first-order valence-electron chi connectivity index (χ1n) is 5.42. The molecule has 2 aromatic heterocycles. The second kappa shape index (κ2) is 4.45. The first-order chi connectivity index (χ1) is 8.04. The van der Waals surface area contributed by atoms with E-state index >= 15 is 0 Å². The predicted octanol–water partition coefficient (Wildman–Crippen LogP) is 1.91. The lowest BCUT2D eigenvalue weighted by atomic mass is 10.3. The van der Waals surface area contributed by atoms with Gasteiger partial charge in [0.15, 0.2) is 0 Å². The highest BCUT2D eigenvalue weighted by Crippen LogP contribution is 2.16. The topological polar surface area (TPSA) is 68.2 Å². The molecule has 0 saturated carbocycles. The smallest absolute Gasteiger partial charge is 0.222 e. The van der Waals surface area contributed by atoms with E-state index in [0.717, 1.165) is 23.0 Å². The summed E-state index contributed by atoms with van der Waals surface area (Å²) < 4.78 is 5.52. The van der Waals surface area contributed by atoms with Gasteiger partial charge in [0.2, 0.25) is 5.95 Å². The van der Waals surface area contributed by atoms with Crippen LogP contribution < -0.4 is 10.6 Å². The van der Waals surface area contributed by atoms with Crippen LogP contribution in [0.1, 0.15) is 17.2 Å². The number of nitrogen functional groups attached to an aromatic ring is 1. The van der Waals surface area contributed by atoms with Gasteiger partial charge in [0.05, 0.1) is 6.54 Å². The molecule has 0 aromatic carbocycles. The summed E-state index contributed by atoms with van der Waals surface area (Å²) in [6.45, 7) is 4.48. The van der Waals surface area contributed by atoms with E-state index < -0.39 is 0 Å². The van der Waals surface area contributed by atoms with Crippen molar-refractivity contribution in [2.45, 2.75) is 20.4 Å². The maximum Gasteiger partial charge on any atom is 0.222 e. The van der Waals surface area contributed by atoms with E-state index in [1.165, 1.54) is 0 Å². The van der Waals surface area contributed by atoms with E-state index in [2.05, 4.69) is 9.97 Å². The molecule has 0 aliphatic rings. The van der Waals surface area contributed by atoms with Gasteiger partial charge in [0, 0.05) is 18.8 Å². The van der Waals surface area contributed by atoms with Gasteiger partial charge in [0.1, 0.15) is 17.3 Å². The molecule has 5 nitrogen and oxygen atoms in total. The number of hydrogen-bond acceptors (Lipinski definition) is 5. The highest BCUT2D eigenvalue weighted by atomic mass is 16.3. The fourth-order valence-corrected chi connectivity index (χ4v) is 1.65. The number of rotatable bonds is 3. The van der Waals surface area contributed by atoms with Gasteiger partial charge in [-0.3, -0.25) is 0 Å². The lowest BCUT2D eigenvalue weighted by Crippen LogP contribution is -2.18. The maximum atomic E-state index is 5.62. The summed E-state index contributed by atoms with van der Waals surface area (Å²) in [5.74, 6) is 2.90. The molecule has 2 N–H and O–H groups in total. The molecule has 2 aromatic rings. The van der Waals surface area contributed by atoms with Crippen LogP contribution in [0.2, 0.25) is 0 Å². The molecular formula is C12H16N4O. The summed E-state index contributed by atoms with van der Waals surface area (Å²) in [5, 5.41) is 0. The van der Waals surface area contributed by atoms with Crippen molar-refractivity contribution in [1.29, 1.82) is 0 Å². The molecule has 0 radical (unpaired) electrons. The average molecular weight is 232 g/mol. The van der Waals surface area contributed by atoms with Gasteiger partial charge >= 0.3 is 0 Å². The zero-order valence-corrected chi connectivity index (χ0v) is 10.3. The van der Waals surface area contributed by atoms with Crippen LogP contribution in [-0.2, 0) is 6.54 Å². The Balaban J connectivity index is 2.16. The molecule has 0 spiro atoms. The van der Waals surface area contributed by atoms with Gasteiger partial charge in [-0.1, -0.05) is 0 Å². The van der Waals surface area contributed by atoms with E-state index in [1.54, 1.807) is 0 Å². The van der Waals surface area contributed by atoms with Gasteiger partial charge in [-0.2, -0.15) is 4.98 Å². The number of anilines is 2. The minimum atomic E-state index is 0.294. The molecule has 2 rings (SSSR count). The Morgan fingerprint density at radius 3 is 2.65 bits per heavy atom. The van der Waals surface area contributed by atoms with Crippen LogP contribution in [-0.4, -0.2) is 17.0 Å². The fraction of sp³-hybridized carbons (Fsp3) is 0.333. The van der Waals surface area contributed by atoms with E-state index in [1.807, 2.05) is 44.0 Å². The van der Waals surface area contributed by atoms with Gasteiger partial charge in [-0.05, 0) is 26.0 Å². The first kappa shape index (κ1) is 11.4. The third kappa shape index (κ3) is 2.75. The highest BCUT2D eigenvalue weighted by Gasteiger charge is 2.08. The van der Waals surface area contributed by atoms with Crippen molar-refractivity contribution >= 4 is 11.8 Å². The number of furan rings is 1. The molecule has 2 heterocycles. The van der Waals surface area contributed by atoms with Crippen molar-refractivity contribution in [3.8, 4) is 0 Å². The maximum absolute atomic E-state index is 5.62. The van der Waals surface area contributed by atoms with Crippen LogP contribution in [0.3, 0.4) is 0 Å². The van der Waals surface area contributed by atoms with Gasteiger partial charge < -0.3 is 15.1 Å². The Morgan fingerprint density at radius 2 is 2.06 bits per heavy atom. The molecule has 0 aliphatic heterocycles. The number of nitrogens with zero attached hydrogens (tertiary/aromatic N) is 3. The van der Waals surface area contributed by atoms with Crippen molar-refractivity contribution in [2.24, 2.45) is 0 Å². The molecule has 5 heteroatoms. The largest absolute Gasteiger partial charge is 0.464 e. The van der Waals surface area contributed by atoms with E-state index in [4.69, 9.17) is 10.2 Å². The van der Waals surface area contributed by atoms with Crippen LogP contribution in [0.25, 0.3) is 0 Å². The number of aryl methyl sites for hydroxylation is 2. The quantitative estimate of drug-likeness (QED) is 0.875. The van der Waals surface area contributed by atoms with Crippen molar-refractivity contribution in [2.75, 3.05) is 17.7 Å². The molecule has 0 amide bonds. The zero-order valence-electron chi connectivity index (χ0n) is 10.3. The minimum Gasteiger partial charge on any atom is -0.464 e. The minimum absolute atomic E-state index is 0.294. The molecule has 0 atom stereocenters. The molecule has 17 heavy (non-hydrogen) atoms. The molecule has 90 valence electrons. The van der Waals surface area contributed by atoms with Gasteiger partial charge in [0.25, 0.3) is 0 Å². The third-order valence-corrected chi connectivity index (χ3v) is 2.44. The average Bonchev–Trinajstić information content (AvgIpc) is 2.62. The van der Waals surface area contributed by atoms with Crippen molar-refractivity contribution in [1.82, 2.24) is 9.97 Å². The third-order valence-electron chi connectivity index (χ3n) is 2.44. The van der Waals surface area contributed by atoms with Crippen molar-refractivity contribution < 1.29 is 4.42 Å². The molecule has 0 unspecified atom stereocenters. The Bertz CT molecular complexity index is 501. The Morgan fingerprint density at radius 1 is 1.29 bits per heavy atom. The fourth-order valence-electron chi connectivity index (χ4n) is 1.65. The molecule has 0 fully saturated rings. The second-order valence-corrected chi connectivity index (χ2v) is 4.09. The predicted molar refractivity (Wildman–Crippen MR) is 66.7 cm³/mol. The van der Waals surface area contributed by atoms with Crippen molar-refractivity contribution in [3.05, 3.63) is 35.4 Å². The monoisotopic (exact) mass is 232 g/mol. The summed E-state index contributed by atoms with van der Waals surface area (Å²) in [5.41, 5.74) is 6.48. The van der Waals surface area contributed by atoms with E-state index in [9.17, 15) is 0 Å². The summed E-state index contributed by atoms with van der Waals surface area (Å²) in [7, 11) is 1.94. The Labute approximate surface area is 100 Å². The van der Waals surface area contributed by atoms with Crippen LogP contribution in [0.15, 0.2) is 22.6 Å². The van der Waals surface area contributed by atoms with Gasteiger partial charge in [-0.15, -0.1) is 0 Å². The summed E-state index contributed by atoms with van der Waals surface area (Å²) in [6, 6.07) is 5.80. The Hall–Kier alpha value is -2.04. The number of nitrogens with two attached hydrogens (primary N) is 1. The van der Waals surface area contributed by atoms with E-state index in [-0.39, 0.29) is 0 Å². The first-order valence-corrected chi connectivity index (χ1v) is 5.42. The van der Waals surface area contributed by atoms with Gasteiger partial charge in [-0.25, -0.2) is 4.98 Å².